The molecule has 0 rings (SSSR count). The molecule has 0 N–H and O–H groups in total. The van der Waals surface area contributed by atoms with Crippen molar-refractivity contribution in [1.29, 1.82) is 0 Å². The topological polar surface area (TPSA) is 0 Å². The molecule has 0 aromatic heterocycles. The van der Waals surface area contributed by atoms with Crippen LogP contribution in [0, 0.1) is 0 Å². The van der Waals surface area contributed by atoms with Gasteiger partial charge in [0.15, 0.2) is 0 Å². The Hall–Kier alpha value is 0.103. The third kappa shape index (κ3) is 4.93. The normalized spacial score (nSPS) is 9.30. The third-order valence-corrected chi connectivity index (χ3v) is 10.2. The van der Waals surface area contributed by atoms with Crippen LogP contribution >= 0.6 is 0 Å². The van der Waals surface area contributed by atoms with Crippen molar-refractivity contribution in [3.8, 4) is 0 Å². The van der Waals surface area contributed by atoms with E-state index in [2.05, 4.69) is 19.7 Å². The molecule has 0 aromatic carbocycles. The molecule has 0 atom stereocenters. The van der Waals surface area contributed by atoms with Gasteiger partial charge in [0.1, 0.15) is 0 Å². The Kier molecular flexibility index (Phi) is 7.29. The first kappa shape index (κ1) is 10.1. The maximum atomic E-state index is 3.75. The van der Waals surface area contributed by atoms with Gasteiger partial charge in [0.2, 0.25) is 0 Å². The first-order valence-corrected chi connectivity index (χ1v) is 10.8. The van der Waals surface area contributed by atoms with E-state index in [1.165, 1.54) is 12.4 Å². The van der Waals surface area contributed by atoms with Gasteiger partial charge in [0, 0.05) is 0 Å². The van der Waals surface area contributed by atoms with Gasteiger partial charge in [-0.25, -0.2) is 0 Å². The molecule has 56 valence electrons. The summed E-state index contributed by atoms with van der Waals surface area (Å²) in [4.78, 5) is 0. The predicted molar refractivity (Wildman–Crippen MR) is 50.8 cm³/mol. The number of hydrogen-bond donors (Lipinski definition) is 0. The average molecular weight is 332 g/mol. The minimum absolute atomic E-state index is 1.18. The van der Waals surface area contributed by atoms with E-state index in [0.29, 0.717) is 0 Å². The molecule has 0 aromatic rings. The summed E-state index contributed by atoms with van der Waals surface area (Å²) in [6.07, 6.45) is 6.14. The zero-order chi connectivity index (χ0) is 7.82. The second-order valence-electron chi connectivity index (χ2n) is 2.08. The molecule has 0 nitrogen and oxygen atoms in total. The van der Waals surface area contributed by atoms with Crippen LogP contribution < -0.4 is 0 Å². The third-order valence-electron chi connectivity index (χ3n) is 1.16. The molecule has 0 aliphatic rings. The average Bonchev–Trinajstić information content (AvgIpc) is 1.90. The number of rotatable bonds is 6. The molecule has 0 bridgehead atoms. The fourth-order valence-electron chi connectivity index (χ4n) is 0.771. The molecule has 0 saturated carbocycles. The Balaban J connectivity index is 3.58. The van der Waals surface area contributed by atoms with Crippen molar-refractivity contribution in [2.45, 2.75) is 12.4 Å². The zero-order valence-electron chi connectivity index (χ0n) is 6.42. The fourth-order valence-corrected chi connectivity index (χ4v) is 6.77. The second kappa shape index (κ2) is 7.21. The summed E-state index contributed by atoms with van der Waals surface area (Å²) in [5.41, 5.74) is 0. The summed E-state index contributed by atoms with van der Waals surface area (Å²) in [5, 5.41) is 0. The van der Waals surface area contributed by atoms with E-state index < -0.39 is 21.8 Å². The van der Waals surface area contributed by atoms with Crippen LogP contribution in [-0.4, -0.2) is 21.8 Å². The summed E-state index contributed by atoms with van der Waals surface area (Å²) in [6, 6.07) is 0. The Morgan fingerprint density at radius 1 is 0.800 bits per heavy atom. The van der Waals surface area contributed by atoms with Gasteiger partial charge in [-0.3, -0.25) is 0 Å². The SMILES string of the molecule is C=C[CH2][Bi]([CH2]C=C)[CH2]C=C. The van der Waals surface area contributed by atoms with Crippen molar-refractivity contribution < 1.29 is 0 Å². The number of allylic oxidation sites excluding steroid dienone is 3. The van der Waals surface area contributed by atoms with E-state index in [1.807, 2.05) is 18.2 Å². The van der Waals surface area contributed by atoms with Gasteiger partial charge in [0.25, 0.3) is 0 Å². The molecule has 0 heterocycles. The molecule has 0 aliphatic heterocycles. The summed E-state index contributed by atoms with van der Waals surface area (Å²) in [7, 11) is 0. The second-order valence-corrected chi connectivity index (χ2v) is 11.6. The van der Waals surface area contributed by atoms with Gasteiger partial charge in [-0.05, 0) is 0 Å². The maximum absolute atomic E-state index is 3.75. The van der Waals surface area contributed by atoms with Crippen molar-refractivity contribution in [2.75, 3.05) is 0 Å². The first-order chi connectivity index (χ1) is 4.85. The predicted octanol–water partition coefficient (Wildman–Crippen LogP) is 3.04. The van der Waals surface area contributed by atoms with Crippen LogP contribution in [0.3, 0.4) is 0 Å². The Morgan fingerprint density at radius 2 is 1.10 bits per heavy atom. The summed E-state index contributed by atoms with van der Waals surface area (Å²) in [5.74, 6) is 0. The Labute approximate surface area is 72.0 Å². The van der Waals surface area contributed by atoms with Crippen LogP contribution in [0.15, 0.2) is 38.0 Å². The van der Waals surface area contributed by atoms with E-state index in [-0.39, 0.29) is 0 Å². The van der Waals surface area contributed by atoms with Crippen molar-refractivity contribution in [3.63, 3.8) is 0 Å². The van der Waals surface area contributed by atoms with E-state index >= 15 is 0 Å². The van der Waals surface area contributed by atoms with Crippen LogP contribution in [0.4, 0.5) is 0 Å². The molecule has 0 spiro atoms. The van der Waals surface area contributed by atoms with E-state index in [9.17, 15) is 0 Å². The van der Waals surface area contributed by atoms with Crippen LogP contribution in [0.1, 0.15) is 0 Å². The molecule has 0 fully saturated rings. The molecule has 0 saturated heterocycles. The van der Waals surface area contributed by atoms with Gasteiger partial charge in [-0.15, -0.1) is 0 Å². The van der Waals surface area contributed by atoms with Crippen molar-refractivity contribution in [2.24, 2.45) is 0 Å². The van der Waals surface area contributed by atoms with Crippen molar-refractivity contribution in [1.82, 2.24) is 0 Å². The van der Waals surface area contributed by atoms with E-state index in [0.717, 1.165) is 0 Å². The molecule has 0 radical (unpaired) electrons. The Morgan fingerprint density at radius 3 is 1.30 bits per heavy atom. The van der Waals surface area contributed by atoms with Crippen LogP contribution in [0.2, 0.25) is 12.4 Å². The van der Waals surface area contributed by atoms with E-state index in [4.69, 9.17) is 0 Å². The molecule has 0 unspecified atom stereocenters. The van der Waals surface area contributed by atoms with Crippen LogP contribution in [0.25, 0.3) is 0 Å². The molecule has 10 heavy (non-hydrogen) atoms. The number of hydrogen-bond acceptors (Lipinski definition) is 0. The summed E-state index contributed by atoms with van der Waals surface area (Å²) < 4.78 is 3.81. The summed E-state index contributed by atoms with van der Waals surface area (Å²) >= 11 is -1.18. The fraction of sp³-hybridized carbons (Fsp3) is 0.333. The van der Waals surface area contributed by atoms with Gasteiger partial charge in [-0.1, -0.05) is 0 Å². The van der Waals surface area contributed by atoms with Crippen LogP contribution in [-0.2, 0) is 0 Å². The molecule has 0 aliphatic carbocycles. The molecular formula is C9H15Bi. The molecule has 0 amide bonds. The quantitative estimate of drug-likeness (QED) is 0.518. The van der Waals surface area contributed by atoms with Crippen molar-refractivity contribution in [3.05, 3.63) is 38.0 Å². The van der Waals surface area contributed by atoms with E-state index in [1.54, 1.807) is 0 Å². The standard InChI is InChI=1S/3C3H5.Bi/c3*1-3-2;/h3*3H,1-2H2;. The monoisotopic (exact) mass is 332 g/mol. The first-order valence-electron chi connectivity index (χ1n) is 3.40. The van der Waals surface area contributed by atoms with Gasteiger partial charge in [0.05, 0.1) is 0 Å². The Bertz CT molecular complexity index is 92.1. The van der Waals surface area contributed by atoms with Gasteiger partial charge >= 0.3 is 72.1 Å². The van der Waals surface area contributed by atoms with Crippen molar-refractivity contribution >= 4 is 21.8 Å². The molecule has 1 heteroatoms. The summed E-state index contributed by atoms with van der Waals surface area (Å²) in [6.45, 7) is 11.2. The van der Waals surface area contributed by atoms with Gasteiger partial charge < -0.3 is 0 Å². The van der Waals surface area contributed by atoms with Gasteiger partial charge in [-0.2, -0.15) is 0 Å². The van der Waals surface area contributed by atoms with Crippen LogP contribution in [0.5, 0.6) is 0 Å². The molecular weight excluding hydrogens is 317 g/mol. The zero-order valence-corrected chi connectivity index (χ0v) is 9.90. The minimum atomic E-state index is -1.18.